The van der Waals surface area contributed by atoms with E-state index in [2.05, 4.69) is 4.98 Å². The highest BCUT2D eigenvalue weighted by Gasteiger charge is 2.27. The summed E-state index contributed by atoms with van der Waals surface area (Å²) >= 11 is 0. The molecule has 1 N–H and O–H groups in total. The zero-order chi connectivity index (χ0) is 17.1. The van der Waals surface area contributed by atoms with E-state index in [-0.39, 0.29) is 24.9 Å². The van der Waals surface area contributed by atoms with Gasteiger partial charge in [0.25, 0.3) is 0 Å². The van der Waals surface area contributed by atoms with Crippen molar-refractivity contribution in [2.75, 3.05) is 6.54 Å². The average Bonchev–Trinajstić information content (AvgIpc) is 2.89. The first-order valence-electron chi connectivity index (χ1n) is 8.49. The Bertz CT molecular complexity index is 753. The summed E-state index contributed by atoms with van der Waals surface area (Å²) in [5.41, 5.74) is 1.85. The number of carbonyl (C=O) groups excluding carboxylic acids is 1. The van der Waals surface area contributed by atoms with Crippen LogP contribution >= 0.6 is 0 Å². The molecular formula is C18H23N3O3. The van der Waals surface area contributed by atoms with Gasteiger partial charge in [-0.1, -0.05) is 12.1 Å². The van der Waals surface area contributed by atoms with Gasteiger partial charge in [-0.15, -0.1) is 0 Å². The molecule has 0 bridgehead atoms. The molecule has 2 heterocycles. The molecule has 0 spiro atoms. The third-order valence-corrected chi connectivity index (χ3v) is 4.78. The van der Waals surface area contributed by atoms with E-state index < -0.39 is 5.97 Å². The normalized spacial score (nSPS) is 18.0. The van der Waals surface area contributed by atoms with Crippen LogP contribution in [-0.4, -0.2) is 44.0 Å². The number of likely N-dealkylation sites (tertiary alicyclic amines) is 1. The SMILES string of the molecule is Cc1nc2ccccc2n1CC(=O)N1CCCCC1CCC(=O)O. The smallest absolute Gasteiger partial charge is 0.303 e. The summed E-state index contributed by atoms with van der Waals surface area (Å²) in [6.07, 6.45) is 3.58. The maximum absolute atomic E-state index is 12.8. The number of benzene rings is 1. The predicted molar refractivity (Wildman–Crippen MR) is 90.7 cm³/mol. The summed E-state index contributed by atoms with van der Waals surface area (Å²) in [5, 5.41) is 8.92. The van der Waals surface area contributed by atoms with Crippen molar-refractivity contribution in [3.8, 4) is 0 Å². The molecule has 1 aliphatic heterocycles. The number of carboxylic acid groups (broad SMARTS) is 1. The standard InChI is InChI=1S/C18H23N3O3/c1-13-19-15-7-2-3-8-16(15)21(13)12-17(22)20-11-5-4-6-14(20)9-10-18(23)24/h2-3,7-8,14H,4-6,9-12H2,1H3,(H,23,24). The van der Waals surface area contributed by atoms with Gasteiger partial charge in [-0.05, 0) is 44.7 Å². The lowest BCUT2D eigenvalue weighted by Crippen LogP contribution is -2.45. The Labute approximate surface area is 141 Å². The van der Waals surface area contributed by atoms with Gasteiger partial charge in [0.05, 0.1) is 11.0 Å². The molecule has 1 saturated heterocycles. The highest BCUT2D eigenvalue weighted by Crippen LogP contribution is 2.22. The van der Waals surface area contributed by atoms with Crippen LogP contribution in [-0.2, 0) is 16.1 Å². The average molecular weight is 329 g/mol. The largest absolute Gasteiger partial charge is 0.481 e. The van der Waals surface area contributed by atoms with Crippen molar-refractivity contribution in [2.24, 2.45) is 0 Å². The van der Waals surface area contributed by atoms with Gasteiger partial charge >= 0.3 is 5.97 Å². The summed E-state index contributed by atoms with van der Waals surface area (Å²) < 4.78 is 1.94. The van der Waals surface area contributed by atoms with Crippen molar-refractivity contribution in [1.29, 1.82) is 0 Å². The molecule has 1 fully saturated rings. The van der Waals surface area contributed by atoms with E-state index in [1.165, 1.54) is 0 Å². The molecule has 6 nitrogen and oxygen atoms in total. The van der Waals surface area contributed by atoms with Crippen LogP contribution in [0, 0.1) is 6.92 Å². The Hall–Kier alpha value is -2.37. The minimum atomic E-state index is -0.801. The number of fused-ring (bicyclic) bond motifs is 1. The van der Waals surface area contributed by atoms with Crippen LogP contribution in [0.1, 0.15) is 37.9 Å². The molecule has 1 amide bonds. The second-order valence-corrected chi connectivity index (χ2v) is 6.40. The van der Waals surface area contributed by atoms with E-state index >= 15 is 0 Å². The van der Waals surface area contributed by atoms with Gasteiger partial charge in [-0.3, -0.25) is 9.59 Å². The summed E-state index contributed by atoms with van der Waals surface area (Å²) in [5.74, 6) is 0.0735. The van der Waals surface area contributed by atoms with Crippen molar-refractivity contribution in [3.63, 3.8) is 0 Å². The van der Waals surface area contributed by atoms with Crippen molar-refractivity contribution in [3.05, 3.63) is 30.1 Å². The number of carbonyl (C=O) groups is 2. The zero-order valence-electron chi connectivity index (χ0n) is 13.9. The van der Waals surface area contributed by atoms with Crippen molar-refractivity contribution in [2.45, 2.75) is 51.6 Å². The Morgan fingerprint density at radius 1 is 1.29 bits per heavy atom. The number of imidazole rings is 1. The summed E-state index contributed by atoms with van der Waals surface area (Å²) in [6, 6.07) is 7.84. The number of nitrogens with zero attached hydrogens (tertiary/aromatic N) is 3. The quantitative estimate of drug-likeness (QED) is 0.915. The second kappa shape index (κ2) is 7.03. The van der Waals surface area contributed by atoms with Crippen LogP contribution in [0.4, 0.5) is 0 Å². The number of hydrogen-bond donors (Lipinski definition) is 1. The van der Waals surface area contributed by atoms with E-state index in [0.29, 0.717) is 6.42 Å². The number of aliphatic carboxylic acids is 1. The second-order valence-electron chi connectivity index (χ2n) is 6.40. The van der Waals surface area contributed by atoms with Crippen LogP contribution in [0.15, 0.2) is 24.3 Å². The third-order valence-electron chi connectivity index (χ3n) is 4.78. The van der Waals surface area contributed by atoms with Crippen LogP contribution in [0.3, 0.4) is 0 Å². The van der Waals surface area contributed by atoms with E-state index in [1.807, 2.05) is 40.7 Å². The van der Waals surface area contributed by atoms with Crippen LogP contribution in [0.5, 0.6) is 0 Å². The van der Waals surface area contributed by atoms with Gasteiger partial charge in [-0.25, -0.2) is 4.98 Å². The Morgan fingerprint density at radius 2 is 2.08 bits per heavy atom. The lowest BCUT2D eigenvalue weighted by atomic mass is 9.98. The molecule has 3 rings (SSSR count). The van der Waals surface area contributed by atoms with E-state index in [0.717, 1.165) is 42.7 Å². The highest BCUT2D eigenvalue weighted by molar-refractivity contribution is 5.81. The van der Waals surface area contributed by atoms with Gasteiger partial charge < -0.3 is 14.6 Å². The Kier molecular flexibility index (Phi) is 4.83. The first-order chi connectivity index (χ1) is 11.6. The first kappa shape index (κ1) is 16.5. The third kappa shape index (κ3) is 3.42. The maximum atomic E-state index is 12.8. The van der Waals surface area contributed by atoms with Crippen LogP contribution in [0.25, 0.3) is 11.0 Å². The highest BCUT2D eigenvalue weighted by atomic mass is 16.4. The number of piperidine rings is 1. The molecule has 1 aromatic heterocycles. The molecule has 128 valence electrons. The molecule has 2 aromatic rings. The molecule has 6 heteroatoms. The molecule has 0 aliphatic carbocycles. The topological polar surface area (TPSA) is 75.4 Å². The molecular weight excluding hydrogens is 306 g/mol. The van der Waals surface area contributed by atoms with Crippen molar-refractivity contribution in [1.82, 2.24) is 14.5 Å². The fourth-order valence-electron chi connectivity index (χ4n) is 3.54. The number of aryl methyl sites for hydroxylation is 1. The summed E-state index contributed by atoms with van der Waals surface area (Å²) in [4.78, 5) is 30.1. The molecule has 24 heavy (non-hydrogen) atoms. The number of rotatable bonds is 5. The predicted octanol–water partition coefficient (Wildman–Crippen LogP) is 2.59. The fraction of sp³-hybridized carbons (Fsp3) is 0.500. The Morgan fingerprint density at radius 3 is 2.88 bits per heavy atom. The molecule has 1 aliphatic rings. The zero-order valence-corrected chi connectivity index (χ0v) is 13.9. The number of carboxylic acids is 1. The molecule has 1 aromatic carbocycles. The monoisotopic (exact) mass is 329 g/mol. The van der Waals surface area contributed by atoms with Gasteiger partial charge in [0.15, 0.2) is 0 Å². The van der Waals surface area contributed by atoms with Gasteiger partial charge in [-0.2, -0.15) is 0 Å². The first-order valence-corrected chi connectivity index (χ1v) is 8.49. The van der Waals surface area contributed by atoms with Gasteiger partial charge in [0.1, 0.15) is 12.4 Å². The van der Waals surface area contributed by atoms with Crippen molar-refractivity contribution >= 4 is 22.9 Å². The van der Waals surface area contributed by atoms with Gasteiger partial charge in [0, 0.05) is 19.0 Å². The molecule has 1 atom stereocenters. The molecule has 0 saturated carbocycles. The molecule has 1 unspecified atom stereocenters. The van der Waals surface area contributed by atoms with E-state index in [9.17, 15) is 9.59 Å². The fourth-order valence-corrected chi connectivity index (χ4v) is 3.54. The minimum Gasteiger partial charge on any atom is -0.481 e. The molecule has 0 radical (unpaired) electrons. The number of hydrogen-bond acceptors (Lipinski definition) is 3. The number of amides is 1. The summed E-state index contributed by atoms with van der Waals surface area (Å²) in [7, 11) is 0. The lowest BCUT2D eigenvalue weighted by Gasteiger charge is -2.36. The van der Waals surface area contributed by atoms with Crippen molar-refractivity contribution < 1.29 is 14.7 Å². The minimum absolute atomic E-state index is 0.0393. The van der Waals surface area contributed by atoms with Gasteiger partial charge in [0.2, 0.25) is 5.91 Å². The number of para-hydroxylation sites is 2. The maximum Gasteiger partial charge on any atom is 0.303 e. The van der Waals surface area contributed by atoms with Crippen LogP contribution in [0.2, 0.25) is 0 Å². The number of aromatic nitrogens is 2. The van der Waals surface area contributed by atoms with E-state index in [1.54, 1.807) is 0 Å². The van der Waals surface area contributed by atoms with Crippen LogP contribution < -0.4 is 0 Å². The Balaban J connectivity index is 1.76. The van der Waals surface area contributed by atoms with E-state index in [4.69, 9.17) is 5.11 Å². The summed E-state index contributed by atoms with van der Waals surface area (Å²) in [6.45, 7) is 2.89. The lowest BCUT2D eigenvalue weighted by molar-refractivity contribution is -0.140.